The highest BCUT2D eigenvalue weighted by Crippen LogP contribution is 2.43. The fraction of sp³-hybridized carbons (Fsp3) is 0.600. The van der Waals surface area contributed by atoms with Crippen molar-refractivity contribution in [2.75, 3.05) is 25.4 Å². The number of nitrogen functional groups attached to an aromatic ring is 1. The molecule has 0 spiro atoms. The molecule has 0 amide bonds. The van der Waals surface area contributed by atoms with E-state index in [1.54, 1.807) is 6.07 Å². The number of likely N-dealkylation sites (tertiary alicyclic amines) is 1. The summed E-state index contributed by atoms with van der Waals surface area (Å²) < 4.78 is 12.0. The number of aliphatic hydroxyl groups is 2. The maximum Gasteiger partial charge on any atom is 0.335 e. The summed E-state index contributed by atoms with van der Waals surface area (Å²) in [4.78, 5) is 22.2. The van der Waals surface area contributed by atoms with Crippen LogP contribution in [-0.2, 0) is 16.0 Å². The minimum Gasteiger partial charge on any atom is -0.492 e. The lowest BCUT2D eigenvalue weighted by atomic mass is 9.95. The third-order valence-electron chi connectivity index (χ3n) is 7.39. The molecule has 0 bridgehead atoms. The van der Waals surface area contributed by atoms with Crippen LogP contribution in [0.25, 0.3) is 11.5 Å². The van der Waals surface area contributed by atoms with Crippen molar-refractivity contribution in [3.8, 4) is 17.2 Å². The fourth-order valence-electron chi connectivity index (χ4n) is 5.25. The second-order valence-electron chi connectivity index (χ2n) is 9.84. The monoisotopic (exact) mass is 552 g/mol. The zero-order valence-corrected chi connectivity index (χ0v) is 21.6. The molecule has 1 aromatic carbocycles. The molecule has 2 atom stereocenters. The molecule has 1 saturated carbocycles. The van der Waals surface area contributed by atoms with Gasteiger partial charge in [-0.1, -0.05) is 24.4 Å². The molecule has 3 aliphatic rings. The number of aliphatic hydroxyl groups excluding tert-OH is 2. The van der Waals surface area contributed by atoms with Gasteiger partial charge in [0.25, 0.3) is 5.89 Å². The van der Waals surface area contributed by atoms with Crippen LogP contribution < -0.4 is 10.5 Å². The molecule has 208 valence electrons. The van der Waals surface area contributed by atoms with E-state index in [-0.39, 0.29) is 0 Å². The number of anilines is 1. The van der Waals surface area contributed by atoms with Gasteiger partial charge in [0.1, 0.15) is 5.75 Å². The van der Waals surface area contributed by atoms with Crippen LogP contribution in [0.15, 0.2) is 10.5 Å². The minimum absolute atomic E-state index is 0.333. The van der Waals surface area contributed by atoms with Crippen molar-refractivity contribution in [1.82, 2.24) is 15.1 Å². The first-order valence-electron chi connectivity index (χ1n) is 12.8. The van der Waals surface area contributed by atoms with E-state index in [2.05, 4.69) is 15.1 Å². The van der Waals surface area contributed by atoms with Gasteiger partial charge in [0, 0.05) is 17.5 Å². The first-order valence-corrected chi connectivity index (χ1v) is 13.2. The number of carbonyl (C=O) groups is 2. The predicted octanol–water partition coefficient (Wildman–Crippen LogP) is 2.30. The molecule has 12 nitrogen and oxygen atoms in total. The Kier molecular flexibility index (Phi) is 9.08. The number of nitrogens with zero attached hydrogens (tertiary/aromatic N) is 3. The number of benzene rings is 1. The quantitative estimate of drug-likeness (QED) is 0.329. The summed E-state index contributed by atoms with van der Waals surface area (Å²) in [6, 6.07) is 2.58. The molecule has 1 saturated heterocycles. The van der Waals surface area contributed by atoms with Crippen molar-refractivity contribution in [2.45, 2.75) is 75.5 Å². The molecular weight excluding hydrogens is 520 g/mol. The lowest BCUT2D eigenvalue weighted by Gasteiger charge is -2.34. The summed E-state index contributed by atoms with van der Waals surface area (Å²) in [5.41, 5.74) is 8.47. The van der Waals surface area contributed by atoms with Crippen LogP contribution >= 0.6 is 11.6 Å². The Hall–Kier alpha value is -2.93. The number of fused-ring (bicyclic) bond motifs is 1. The van der Waals surface area contributed by atoms with Crippen molar-refractivity contribution in [1.29, 1.82) is 0 Å². The zero-order valence-electron chi connectivity index (χ0n) is 20.9. The number of nitrogens with two attached hydrogens (primary N) is 1. The van der Waals surface area contributed by atoms with Crippen LogP contribution in [0.5, 0.6) is 5.75 Å². The second-order valence-corrected chi connectivity index (χ2v) is 10.2. The molecule has 2 aliphatic heterocycles. The molecule has 2 aromatic rings. The number of halogens is 1. The molecule has 2 unspecified atom stereocenters. The fourth-order valence-corrected chi connectivity index (χ4v) is 5.48. The van der Waals surface area contributed by atoms with E-state index in [1.807, 2.05) is 0 Å². The van der Waals surface area contributed by atoms with Crippen LogP contribution in [0.1, 0.15) is 62.3 Å². The van der Waals surface area contributed by atoms with Gasteiger partial charge in [-0.25, -0.2) is 9.59 Å². The number of piperidine rings is 1. The van der Waals surface area contributed by atoms with Crippen molar-refractivity contribution < 1.29 is 39.2 Å². The molecule has 13 heteroatoms. The lowest BCUT2D eigenvalue weighted by Crippen LogP contribution is -2.39. The van der Waals surface area contributed by atoms with Gasteiger partial charge in [0.2, 0.25) is 5.89 Å². The van der Waals surface area contributed by atoms with Gasteiger partial charge >= 0.3 is 11.9 Å². The van der Waals surface area contributed by atoms with E-state index < -0.39 is 24.1 Å². The minimum atomic E-state index is -2.27. The number of rotatable bonds is 6. The summed E-state index contributed by atoms with van der Waals surface area (Å²) in [5.74, 6) is -1.24. The maximum atomic E-state index is 9.77. The van der Waals surface area contributed by atoms with E-state index in [1.165, 1.54) is 25.7 Å². The van der Waals surface area contributed by atoms with Crippen molar-refractivity contribution in [3.05, 3.63) is 22.5 Å². The Morgan fingerprint density at radius 3 is 2.26 bits per heavy atom. The maximum absolute atomic E-state index is 9.77. The predicted molar refractivity (Wildman–Crippen MR) is 136 cm³/mol. The largest absolute Gasteiger partial charge is 0.492 e. The van der Waals surface area contributed by atoms with E-state index in [0.717, 1.165) is 67.6 Å². The number of hydrogen-bond donors (Lipinski definition) is 5. The molecule has 2 fully saturated rings. The Balaban J connectivity index is 0.000000289. The third kappa shape index (κ3) is 6.20. The Morgan fingerprint density at radius 2 is 1.66 bits per heavy atom. The average Bonchev–Trinajstić information content (AvgIpc) is 3.63. The van der Waals surface area contributed by atoms with Gasteiger partial charge in [-0.3, -0.25) is 0 Å². The van der Waals surface area contributed by atoms with Crippen molar-refractivity contribution >= 4 is 29.2 Å². The number of ether oxygens (including phenoxy) is 1. The highest BCUT2D eigenvalue weighted by Gasteiger charge is 2.31. The Labute approximate surface area is 224 Å². The SMILES string of the molecule is Nc1c(Cl)cc(-c2nnc(C3CCN(C4CCCC4)CC3)o2)c2c1CCCO2.O=C(O)C(O)C(O)C(=O)O. The first-order chi connectivity index (χ1) is 18.2. The zero-order chi connectivity index (χ0) is 27.4. The number of aliphatic carboxylic acids is 2. The lowest BCUT2D eigenvalue weighted by molar-refractivity contribution is -0.165. The number of carboxylic acids is 2. The normalized spacial score (nSPS) is 20.1. The number of carboxylic acid groups (broad SMARTS) is 2. The molecular formula is C25H33ClN4O8. The van der Waals surface area contributed by atoms with Gasteiger partial charge in [-0.15, -0.1) is 10.2 Å². The van der Waals surface area contributed by atoms with Gasteiger partial charge in [-0.2, -0.15) is 0 Å². The van der Waals surface area contributed by atoms with Gasteiger partial charge < -0.3 is 40.2 Å². The van der Waals surface area contributed by atoms with Crippen LogP contribution in [0, 0.1) is 0 Å². The molecule has 1 aromatic heterocycles. The molecule has 5 rings (SSSR count). The van der Waals surface area contributed by atoms with E-state index in [9.17, 15) is 9.59 Å². The topological polar surface area (TPSA) is 192 Å². The van der Waals surface area contributed by atoms with E-state index >= 15 is 0 Å². The number of hydrogen-bond acceptors (Lipinski definition) is 10. The second kappa shape index (κ2) is 12.3. The summed E-state index contributed by atoms with van der Waals surface area (Å²) in [6.45, 7) is 2.92. The summed E-state index contributed by atoms with van der Waals surface area (Å²) in [5, 5.41) is 41.7. The van der Waals surface area contributed by atoms with E-state index in [0.29, 0.717) is 29.1 Å². The van der Waals surface area contributed by atoms with Crippen LogP contribution in [-0.4, -0.2) is 85.4 Å². The van der Waals surface area contributed by atoms with Gasteiger partial charge in [0.05, 0.1) is 22.9 Å². The Bertz CT molecular complexity index is 1130. The third-order valence-corrected chi connectivity index (χ3v) is 7.70. The van der Waals surface area contributed by atoms with Crippen LogP contribution in [0.4, 0.5) is 5.69 Å². The molecule has 38 heavy (non-hydrogen) atoms. The van der Waals surface area contributed by atoms with Crippen LogP contribution in [0.3, 0.4) is 0 Å². The molecule has 3 heterocycles. The average molecular weight is 553 g/mol. The van der Waals surface area contributed by atoms with Gasteiger partial charge in [-0.05, 0) is 57.7 Å². The molecule has 0 radical (unpaired) electrons. The number of aromatic nitrogens is 2. The van der Waals surface area contributed by atoms with Crippen LogP contribution in [0.2, 0.25) is 5.02 Å². The first kappa shape index (κ1) is 28.1. The summed E-state index contributed by atoms with van der Waals surface area (Å²) >= 11 is 6.36. The standard InChI is InChI=1S/C21H27ClN4O2.C4H6O6/c22-17-12-16(19-15(18(17)23)6-3-11-27-19)21-25-24-20(28-21)13-7-9-26(10-8-13)14-4-1-2-5-14;5-1(3(7)8)2(6)4(9)10/h12-14H,1-11,23H2;1-2,5-6H,(H,7,8)(H,9,10). The highest BCUT2D eigenvalue weighted by molar-refractivity contribution is 6.33. The smallest absolute Gasteiger partial charge is 0.335 e. The molecule has 6 N–H and O–H groups in total. The summed E-state index contributed by atoms with van der Waals surface area (Å²) in [6.07, 6.45) is 4.90. The summed E-state index contributed by atoms with van der Waals surface area (Å²) in [7, 11) is 0. The van der Waals surface area contributed by atoms with Gasteiger partial charge in [0.15, 0.2) is 12.2 Å². The van der Waals surface area contributed by atoms with Crippen molar-refractivity contribution in [2.24, 2.45) is 0 Å². The van der Waals surface area contributed by atoms with Crippen molar-refractivity contribution in [3.63, 3.8) is 0 Å². The molecule has 1 aliphatic carbocycles. The highest BCUT2D eigenvalue weighted by atomic mass is 35.5. The Morgan fingerprint density at radius 1 is 1.03 bits per heavy atom. The van der Waals surface area contributed by atoms with E-state index in [4.69, 9.17) is 46.9 Å².